The summed E-state index contributed by atoms with van der Waals surface area (Å²) in [6.07, 6.45) is -1.01. The van der Waals surface area contributed by atoms with Crippen molar-refractivity contribution >= 4 is 21.9 Å². The molecule has 1 unspecified atom stereocenters. The Balaban J connectivity index is 2.31. The zero-order valence-electron chi connectivity index (χ0n) is 11.6. The maximum absolute atomic E-state index is 11.9. The zero-order chi connectivity index (χ0) is 14.9. The number of aliphatic hydroxyl groups excluding tert-OH is 1. The third-order valence-electron chi connectivity index (χ3n) is 3.25. The highest BCUT2D eigenvalue weighted by Crippen LogP contribution is 2.44. The van der Waals surface area contributed by atoms with Crippen LogP contribution >= 0.6 is 15.9 Å². The first-order valence-electron chi connectivity index (χ1n) is 6.32. The molecule has 20 heavy (non-hydrogen) atoms. The molecular weight excluding hydrogens is 328 g/mol. The average molecular weight is 345 g/mol. The molecule has 0 aliphatic carbocycles. The second kappa shape index (κ2) is 5.61. The van der Waals surface area contributed by atoms with E-state index in [0.29, 0.717) is 21.5 Å². The number of fused-ring (bicyclic) bond motifs is 1. The maximum Gasteiger partial charge on any atom is 0.314 e. The lowest BCUT2D eigenvalue weighted by atomic mass is 9.82. The van der Waals surface area contributed by atoms with E-state index in [0.717, 1.165) is 0 Å². The molecule has 0 saturated carbocycles. The van der Waals surface area contributed by atoms with Crippen LogP contribution in [0, 0.1) is 5.41 Å². The molecule has 1 aromatic carbocycles. The Bertz CT molecular complexity index is 527. The highest BCUT2D eigenvalue weighted by atomic mass is 79.9. The second-order valence-electron chi connectivity index (χ2n) is 5.08. The number of hydrogen-bond donors (Lipinski definition) is 1. The Morgan fingerprint density at radius 3 is 2.85 bits per heavy atom. The fourth-order valence-electron chi connectivity index (χ4n) is 1.99. The summed E-state index contributed by atoms with van der Waals surface area (Å²) >= 11 is 3.37. The van der Waals surface area contributed by atoms with Gasteiger partial charge in [-0.2, -0.15) is 0 Å². The SMILES string of the molecule is CCOC(=O)C(C)(C)C(O)c1cc(Br)c2c(c1)OCO2. The Morgan fingerprint density at radius 2 is 2.20 bits per heavy atom. The smallest absolute Gasteiger partial charge is 0.314 e. The van der Waals surface area contributed by atoms with Gasteiger partial charge < -0.3 is 19.3 Å². The van der Waals surface area contributed by atoms with Crippen LogP contribution in [0.25, 0.3) is 0 Å². The van der Waals surface area contributed by atoms with E-state index in [1.165, 1.54) is 0 Å². The summed E-state index contributed by atoms with van der Waals surface area (Å²) < 4.78 is 16.3. The van der Waals surface area contributed by atoms with Crippen LogP contribution in [0.4, 0.5) is 0 Å². The van der Waals surface area contributed by atoms with Gasteiger partial charge in [0, 0.05) is 0 Å². The summed E-state index contributed by atoms with van der Waals surface area (Å²) in [6.45, 7) is 5.45. The summed E-state index contributed by atoms with van der Waals surface area (Å²) in [5.74, 6) is 0.712. The lowest BCUT2D eigenvalue weighted by molar-refractivity contribution is -0.160. The number of aliphatic hydroxyl groups is 1. The van der Waals surface area contributed by atoms with E-state index in [-0.39, 0.29) is 13.4 Å². The summed E-state index contributed by atoms with van der Waals surface area (Å²) in [6, 6.07) is 3.40. The molecule has 2 rings (SSSR count). The molecule has 0 saturated heterocycles. The average Bonchev–Trinajstić information content (AvgIpc) is 2.86. The molecule has 0 spiro atoms. The van der Waals surface area contributed by atoms with Gasteiger partial charge in [0.1, 0.15) is 0 Å². The third-order valence-corrected chi connectivity index (χ3v) is 3.84. The summed E-state index contributed by atoms with van der Waals surface area (Å²) in [7, 11) is 0. The minimum absolute atomic E-state index is 0.148. The van der Waals surface area contributed by atoms with Crippen molar-refractivity contribution in [2.75, 3.05) is 13.4 Å². The van der Waals surface area contributed by atoms with Gasteiger partial charge in [-0.1, -0.05) is 0 Å². The maximum atomic E-state index is 11.9. The molecule has 110 valence electrons. The molecule has 1 atom stereocenters. The van der Waals surface area contributed by atoms with Crippen LogP contribution in [0.3, 0.4) is 0 Å². The first kappa shape index (κ1) is 15.1. The van der Waals surface area contributed by atoms with Crippen molar-refractivity contribution in [1.29, 1.82) is 0 Å². The molecule has 0 fully saturated rings. The van der Waals surface area contributed by atoms with Crippen LogP contribution < -0.4 is 9.47 Å². The van der Waals surface area contributed by atoms with E-state index >= 15 is 0 Å². The van der Waals surface area contributed by atoms with Gasteiger partial charge in [-0.3, -0.25) is 4.79 Å². The van der Waals surface area contributed by atoms with Crippen LogP contribution in [0.2, 0.25) is 0 Å². The van der Waals surface area contributed by atoms with Crippen LogP contribution in [-0.2, 0) is 9.53 Å². The summed E-state index contributed by atoms with van der Waals surface area (Å²) in [4.78, 5) is 11.9. The monoisotopic (exact) mass is 344 g/mol. The van der Waals surface area contributed by atoms with Gasteiger partial charge in [-0.25, -0.2) is 0 Å². The molecule has 0 aromatic heterocycles. The fraction of sp³-hybridized carbons (Fsp3) is 0.500. The lowest BCUT2D eigenvalue weighted by Crippen LogP contribution is -2.33. The number of carbonyl (C=O) groups excluding carboxylic acids is 1. The van der Waals surface area contributed by atoms with Crippen molar-refractivity contribution in [3.8, 4) is 11.5 Å². The van der Waals surface area contributed by atoms with Crippen molar-refractivity contribution < 1.29 is 24.1 Å². The minimum atomic E-state index is -1.05. The predicted molar refractivity (Wildman–Crippen MR) is 75.6 cm³/mol. The van der Waals surface area contributed by atoms with E-state index in [2.05, 4.69) is 15.9 Å². The normalized spacial score (nSPS) is 15.1. The molecule has 6 heteroatoms. The molecule has 0 bridgehead atoms. The Morgan fingerprint density at radius 1 is 1.50 bits per heavy atom. The third kappa shape index (κ3) is 2.62. The van der Waals surface area contributed by atoms with Crippen molar-refractivity contribution in [3.05, 3.63) is 22.2 Å². The molecule has 0 radical (unpaired) electrons. The largest absolute Gasteiger partial charge is 0.465 e. The van der Waals surface area contributed by atoms with E-state index in [4.69, 9.17) is 14.2 Å². The van der Waals surface area contributed by atoms with Crippen LogP contribution in [0.15, 0.2) is 16.6 Å². The van der Waals surface area contributed by atoms with Crippen LogP contribution in [0.5, 0.6) is 11.5 Å². The van der Waals surface area contributed by atoms with E-state index in [9.17, 15) is 9.90 Å². The lowest BCUT2D eigenvalue weighted by Gasteiger charge is -2.28. The number of hydrogen-bond acceptors (Lipinski definition) is 5. The number of carbonyl (C=O) groups is 1. The predicted octanol–water partition coefficient (Wildman–Crippen LogP) is 2.80. The Labute approximate surface area is 126 Å². The quantitative estimate of drug-likeness (QED) is 0.850. The number of ether oxygens (including phenoxy) is 3. The first-order chi connectivity index (χ1) is 9.37. The summed E-state index contributed by atoms with van der Waals surface area (Å²) in [5, 5.41) is 10.5. The van der Waals surface area contributed by atoms with Gasteiger partial charge in [0.05, 0.1) is 22.6 Å². The molecule has 0 amide bonds. The number of esters is 1. The highest BCUT2D eigenvalue weighted by molar-refractivity contribution is 9.10. The number of rotatable bonds is 4. The highest BCUT2D eigenvalue weighted by Gasteiger charge is 2.39. The molecule has 1 N–H and O–H groups in total. The van der Waals surface area contributed by atoms with Gasteiger partial charge in [0.2, 0.25) is 6.79 Å². The Kier molecular flexibility index (Phi) is 4.25. The standard InChI is InChI=1S/C14H17BrO5/c1-4-18-13(17)14(2,3)12(16)8-5-9(15)11-10(6-8)19-7-20-11/h5-6,12,16H,4,7H2,1-3H3. The van der Waals surface area contributed by atoms with Crippen LogP contribution in [-0.4, -0.2) is 24.5 Å². The zero-order valence-corrected chi connectivity index (χ0v) is 13.2. The Hall–Kier alpha value is -1.27. The topological polar surface area (TPSA) is 65.0 Å². The van der Waals surface area contributed by atoms with Gasteiger partial charge >= 0.3 is 5.97 Å². The molecular formula is C14H17BrO5. The van der Waals surface area contributed by atoms with Crippen molar-refractivity contribution in [2.24, 2.45) is 5.41 Å². The van der Waals surface area contributed by atoms with E-state index < -0.39 is 17.5 Å². The number of halogens is 1. The van der Waals surface area contributed by atoms with Gasteiger partial charge in [0.25, 0.3) is 0 Å². The summed E-state index contributed by atoms with van der Waals surface area (Å²) in [5.41, 5.74) is -0.484. The molecule has 1 aromatic rings. The molecule has 1 heterocycles. The molecule has 1 aliphatic rings. The van der Waals surface area contributed by atoms with Crippen molar-refractivity contribution in [1.82, 2.24) is 0 Å². The second-order valence-corrected chi connectivity index (χ2v) is 5.94. The van der Waals surface area contributed by atoms with Gasteiger partial charge in [0.15, 0.2) is 11.5 Å². The van der Waals surface area contributed by atoms with Gasteiger partial charge in [-0.15, -0.1) is 0 Å². The first-order valence-corrected chi connectivity index (χ1v) is 7.11. The van der Waals surface area contributed by atoms with Crippen molar-refractivity contribution in [2.45, 2.75) is 26.9 Å². The van der Waals surface area contributed by atoms with Crippen LogP contribution in [0.1, 0.15) is 32.4 Å². The molecule has 5 nitrogen and oxygen atoms in total. The van der Waals surface area contributed by atoms with Crippen molar-refractivity contribution in [3.63, 3.8) is 0 Å². The van der Waals surface area contributed by atoms with Gasteiger partial charge in [-0.05, 0) is 54.4 Å². The van der Waals surface area contributed by atoms with E-state index in [1.807, 2.05) is 0 Å². The minimum Gasteiger partial charge on any atom is -0.465 e. The number of benzene rings is 1. The molecule has 1 aliphatic heterocycles. The van der Waals surface area contributed by atoms with E-state index in [1.54, 1.807) is 32.9 Å². The fourth-order valence-corrected chi connectivity index (χ4v) is 2.56.